The van der Waals surface area contributed by atoms with Crippen molar-refractivity contribution in [1.82, 2.24) is 4.90 Å². The molecule has 18 heavy (non-hydrogen) atoms. The first kappa shape index (κ1) is 15.7. The van der Waals surface area contributed by atoms with Crippen LogP contribution in [0.2, 0.25) is 0 Å². The standard InChI is InChI=1S/C10H19F3N2O2S/c1-3-8(14)9(10(11,12)13)15(2)7-4-5-18(16,17)6-7/h7-9H,3-6,14H2,1-2H3. The summed E-state index contributed by atoms with van der Waals surface area (Å²) < 4.78 is 61.6. The van der Waals surface area contributed by atoms with Crippen LogP contribution in [0.25, 0.3) is 0 Å². The minimum Gasteiger partial charge on any atom is -0.326 e. The van der Waals surface area contributed by atoms with Crippen LogP contribution in [0.3, 0.4) is 0 Å². The Hall–Kier alpha value is -0.340. The molecule has 8 heteroatoms. The second kappa shape index (κ2) is 5.34. The van der Waals surface area contributed by atoms with Gasteiger partial charge in [-0.1, -0.05) is 6.92 Å². The van der Waals surface area contributed by atoms with E-state index >= 15 is 0 Å². The number of hydrogen-bond donors (Lipinski definition) is 1. The molecular formula is C10H19F3N2O2S. The first-order chi connectivity index (χ1) is 8.08. The molecule has 2 N–H and O–H groups in total. The fourth-order valence-corrected chi connectivity index (χ4v) is 4.11. The first-order valence-electron chi connectivity index (χ1n) is 5.83. The molecular weight excluding hydrogens is 269 g/mol. The van der Waals surface area contributed by atoms with E-state index in [0.717, 1.165) is 4.90 Å². The molecule has 0 saturated carbocycles. The maximum atomic E-state index is 13.0. The van der Waals surface area contributed by atoms with Gasteiger partial charge in [0.05, 0.1) is 11.5 Å². The molecule has 0 radical (unpaired) electrons. The smallest absolute Gasteiger partial charge is 0.326 e. The molecule has 1 saturated heterocycles. The van der Waals surface area contributed by atoms with Gasteiger partial charge in [0.15, 0.2) is 9.84 Å². The Morgan fingerprint density at radius 2 is 2.00 bits per heavy atom. The third-order valence-electron chi connectivity index (χ3n) is 3.44. The molecule has 0 aromatic carbocycles. The van der Waals surface area contributed by atoms with Gasteiger partial charge >= 0.3 is 6.18 Å². The molecule has 0 spiro atoms. The highest BCUT2D eigenvalue weighted by Gasteiger charge is 2.48. The zero-order valence-corrected chi connectivity index (χ0v) is 11.3. The summed E-state index contributed by atoms with van der Waals surface area (Å²) in [7, 11) is -1.90. The number of sulfone groups is 1. The van der Waals surface area contributed by atoms with Gasteiger partial charge in [-0.15, -0.1) is 0 Å². The van der Waals surface area contributed by atoms with Crippen molar-refractivity contribution >= 4 is 9.84 Å². The number of hydrogen-bond acceptors (Lipinski definition) is 4. The van der Waals surface area contributed by atoms with Gasteiger partial charge in [0.25, 0.3) is 0 Å². The summed E-state index contributed by atoms with van der Waals surface area (Å²) in [6, 6.07) is -3.43. The van der Waals surface area contributed by atoms with E-state index in [4.69, 9.17) is 5.73 Å². The maximum absolute atomic E-state index is 13.0. The maximum Gasteiger partial charge on any atom is 0.405 e. The van der Waals surface area contributed by atoms with Crippen LogP contribution in [0.1, 0.15) is 19.8 Å². The molecule has 0 aromatic rings. The zero-order valence-electron chi connectivity index (χ0n) is 10.4. The number of halogens is 3. The summed E-state index contributed by atoms with van der Waals surface area (Å²) in [4.78, 5) is 1.08. The van der Waals surface area contributed by atoms with Gasteiger partial charge in [0.2, 0.25) is 0 Å². The van der Waals surface area contributed by atoms with Crippen LogP contribution in [0.5, 0.6) is 0 Å². The van der Waals surface area contributed by atoms with Gasteiger partial charge in [-0.05, 0) is 19.9 Å². The zero-order chi connectivity index (χ0) is 14.1. The fourth-order valence-electron chi connectivity index (χ4n) is 2.32. The lowest BCUT2D eigenvalue weighted by atomic mass is 10.0. The van der Waals surface area contributed by atoms with E-state index in [0.29, 0.717) is 0 Å². The summed E-state index contributed by atoms with van der Waals surface area (Å²) in [5, 5.41) is 0. The second-order valence-corrected chi connectivity index (χ2v) is 7.01. The number of nitrogens with two attached hydrogens (primary N) is 1. The molecule has 1 rings (SSSR count). The highest BCUT2D eigenvalue weighted by Crippen LogP contribution is 2.30. The lowest BCUT2D eigenvalue weighted by molar-refractivity contribution is -0.190. The van der Waals surface area contributed by atoms with Crippen molar-refractivity contribution < 1.29 is 21.6 Å². The molecule has 4 nitrogen and oxygen atoms in total. The molecule has 0 amide bonds. The predicted molar refractivity (Wildman–Crippen MR) is 62.9 cm³/mol. The first-order valence-corrected chi connectivity index (χ1v) is 7.65. The van der Waals surface area contributed by atoms with E-state index in [2.05, 4.69) is 0 Å². The summed E-state index contributed by atoms with van der Waals surface area (Å²) >= 11 is 0. The van der Waals surface area contributed by atoms with E-state index in [1.54, 1.807) is 6.92 Å². The van der Waals surface area contributed by atoms with Crippen molar-refractivity contribution in [2.24, 2.45) is 5.73 Å². The lowest BCUT2D eigenvalue weighted by Crippen LogP contribution is -2.57. The summed E-state index contributed by atoms with van der Waals surface area (Å²) in [5.41, 5.74) is 5.53. The summed E-state index contributed by atoms with van der Waals surface area (Å²) in [6.45, 7) is 1.59. The predicted octanol–water partition coefficient (Wildman–Crippen LogP) is 0.773. The summed E-state index contributed by atoms with van der Waals surface area (Å²) in [6.07, 6.45) is -4.02. The summed E-state index contributed by atoms with van der Waals surface area (Å²) in [5.74, 6) is -0.263. The van der Waals surface area contributed by atoms with E-state index in [1.807, 2.05) is 0 Å². The lowest BCUT2D eigenvalue weighted by Gasteiger charge is -2.37. The van der Waals surface area contributed by atoms with Gasteiger partial charge in [0, 0.05) is 12.1 Å². The molecule has 1 heterocycles. The van der Waals surface area contributed by atoms with Crippen LogP contribution in [0.4, 0.5) is 13.2 Å². The Morgan fingerprint density at radius 1 is 1.44 bits per heavy atom. The van der Waals surface area contributed by atoms with Crippen molar-refractivity contribution in [3.05, 3.63) is 0 Å². The van der Waals surface area contributed by atoms with Gasteiger partial charge in [-0.3, -0.25) is 4.90 Å². The normalized spacial score (nSPS) is 27.4. The largest absolute Gasteiger partial charge is 0.405 e. The van der Waals surface area contributed by atoms with Crippen molar-refractivity contribution in [2.75, 3.05) is 18.6 Å². The van der Waals surface area contributed by atoms with Crippen LogP contribution in [-0.2, 0) is 9.84 Å². The van der Waals surface area contributed by atoms with Gasteiger partial charge in [-0.2, -0.15) is 13.2 Å². The molecule has 3 unspecified atom stereocenters. The third-order valence-corrected chi connectivity index (χ3v) is 5.19. The molecule has 108 valence electrons. The number of rotatable bonds is 4. The van der Waals surface area contributed by atoms with Crippen LogP contribution in [0.15, 0.2) is 0 Å². The Kier molecular flexibility index (Phi) is 4.66. The minimum absolute atomic E-state index is 0.0477. The Morgan fingerprint density at radius 3 is 2.33 bits per heavy atom. The molecule has 1 aliphatic heterocycles. The number of alkyl halides is 3. The Balaban J connectivity index is 2.87. The molecule has 3 atom stereocenters. The highest BCUT2D eigenvalue weighted by atomic mass is 32.2. The number of nitrogens with zero attached hydrogens (tertiary/aromatic N) is 1. The number of likely N-dealkylation sites (N-methyl/N-ethyl adjacent to an activating group) is 1. The quantitative estimate of drug-likeness (QED) is 0.830. The molecule has 0 bridgehead atoms. The molecule has 0 aromatic heterocycles. The van der Waals surface area contributed by atoms with E-state index < -0.39 is 34.1 Å². The van der Waals surface area contributed by atoms with Crippen molar-refractivity contribution in [1.29, 1.82) is 0 Å². The highest BCUT2D eigenvalue weighted by molar-refractivity contribution is 7.91. The van der Waals surface area contributed by atoms with E-state index in [-0.39, 0.29) is 24.3 Å². The minimum atomic E-state index is -4.45. The SMILES string of the molecule is CCC(N)C(N(C)C1CCS(=O)(=O)C1)C(F)(F)F. The van der Waals surface area contributed by atoms with E-state index in [9.17, 15) is 21.6 Å². The second-order valence-electron chi connectivity index (χ2n) is 4.78. The van der Waals surface area contributed by atoms with Gasteiger partial charge in [0.1, 0.15) is 6.04 Å². The average Bonchev–Trinajstić information content (AvgIpc) is 2.56. The fraction of sp³-hybridized carbons (Fsp3) is 1.00. The molecule has 1 aliphatic rings. The third kappa shape index (κ3) is 3.58. The van der Waals surface area contributed by atoms with Crippen molar-refractivity contribution in [3.63, 3.8) is 0 Å². The topological polar surface area (TPSA) is 63.4 Å². The van der Waals surface area contributed by atoms with Gasteiger partial charge < -0.3 is 5.73 Å². The van der Waals surface area contributed by atoms with Crippen LogP contribution < -0.4 is 5.73 Å². The van der Waals surface area contributed by atoms with Crippen molar-refractivity contribution in [2.45, 2.75) is 44.1 Å². The Bertz CT molecular complexity index is 383. The van der Waals surface area contributed by atoms with Crippen LogP contribution in [-0.4, -0.2) is 56.2 Å². The van der Waals surface area contributed by atoms with Gasteiger partial charge in [-0.25, -0.2) is 8.42 Å². The monoisotopic (exact) mass is 288 g/mol. The Labute approximate surface area is 105 Å². The van der Waals surface area contributed by atoms with Crippen LogP contribution in [0, 0.1) is 0 Å². The molecule has 0 aliphatic carbocycles. The van der Waals surface area contributed by atoms with Crippen molar-refractivity contribution in [3.8, 4) is 0 Å². The molecule has 1 fully saturated rings. The van der Waals surface area contributed by atoms with Crippen LogP contribution >= 0.6 is 0 Å². The van der Waals surface area contributed by atoms with E-state index in [1.165, 1.54) is 7.05 Å². The average molecular weight is 288 g/mol.